The monoisotopic (exact) mass is 243 g/mol. The van der Waals surface area contributed by atoms with E-state index in [2.05, 4.69) is 33.0 Å². The van der Waals surface area contributed by atoms with Crippen LogP contribution in [0, 0.1) is 11.8 Å². The molecule has 102 valence electrons. The predicted octanol–water partition coefficient (Wildman–Crippen LogP) is 2.99. The van der Waals surface area contributed by atoms with E-state index in [4.69, 9.17) is 4.74 Å². The summed E-state index contributed by atoms with van der Waals surface area (Å²) in [7, 11) is 0. The Kier molecular flexibility index (Phi) is 10.2. The molecule has 0 fully saturated rings. The number of rotatable bonds is 10. The lowest BCUT2D eigenvalue weighted by Crippen LogP contribution is -2.29. The van der Waals surface area contributed by atoms with Crippen molar-refractivity contribution in [1.29, 1.82) is 0 Å². The van der Waals surface area contributed by atoms with Gasteiger partial charge in [-0.1, -0.05) is 47.0 Å². The van der Waals surface area contributed by atoms with Crippen LogP contribution in [0.25, 0.3) is 0 Å². The van der Waals surface area contributed by atoms with Gasteiger partial charge in [0.05, 0.1) is 0 Å². The molecule has 3 nitrogen and oxygen atoms in total. The molecule has 1 amide bonds. The molecule has 17 heavy (non-hydrogen) atoms. The van der Waals surface area contributed by atoms with Crippen molar-refractivity contribution in [2.75, 3.05) is 19.8 Å². The molecule has 0 rings (SSSR count). The Bertz CT molecular complexity index is 191. The van der Waals surface area contributed by atoms with Gasteiger partial charge in [0.25, 0.3) is 0 Å². The predicted molar refractivity (Wildman–Crippen MR) is 72.0 cm³/mol. The van der Waals surface area contributed by atoms with Crippen molar-refractivity contribution >= 4 is 5.91 Å². The number of hydrogen-bond donors (Lipinski definition) is 1. The van der Waals surface area contributed by atoms with Gasteiger partial charge >= 0.3 is 0 Å². The molecule has 0 heterocycles. The average molecular weight is 243 g/mol. The lowest BCUT2D eigenvalue weighted by atomic mass is 10.1. The fraction of sp³-hybridized carbons (Fsp3) is 0.929. The number of nitrogens with one attached hydrogen (secondary N) is 1. The van der Waals surface area contributed by atoms with Gasteiger partial charge in [-0.15, -0.1) is 0 Å². The van der Waals surface area contributed by atoms with Gasteiger partial charge in [0.1, 0.15) is 6.61 Å². The highest BCUT2D eigenvalue weighted by molar-refractivity contribution is 5.77. The zero-order valence-corrected chi connectivity index (χ0v) is 11.9. The summed E-state index contributed by atoms with van der Waals surface area (Å²) in [6.45, 7) is 10.3. The standard InChI is InChI=1S/C14H29NO2/c1-12(2)8-6-5-7-9-15-14(16)11-17-10-13(3)4/h12-13H,5-11H2,1-4H3,(H,15,16). The summed E-state index contributed by atoms with van der Waals surface area (Å²) in [4.78, 5) is 11.3. The van der Waals surface area contributed by atoms with Crippen molar-refractivity contribution in [2.24, 2.45) is 11.8 Å². The third-order valence-electron chi connectivity index (χ3n) is 2.46. The summed E-state index contributed by atoms with van der Waals surface area (Å²) in [5.74, 6) is 1.28. The summed E-state index contributed by atoms with van der Waals surface area (Å²) in [5.41, 5.74) is 0. The summed E-state index contributed by atoms with van der Waals surface area (Å²) in [6.07, 6.45) is 4.82. The van der Waals surface area contributed by atoms with Gasteiger partial charge in [-0.3, -0.25) is 4.79 Å². The van der Waals surface area contributed by atoms with Crippen molar-refractivity contribution in [3.63, 3.8) is 0 Å². The van der Waals surface area contributed by atoms with Gasteiger partial charge in [0.15, 0.2) is 0 Å². The van der Waals surface area contributed by atoms with Gasteiger partial charge in [-0.05, 0) is 18.3 Å². The van der Waals surface area contributed by atoms with Gasteiger partial charge in [-0.2, -0.15) is 0 Å². The van der Waals surface area contributed by atoms with Crippen LogP contribution in [0.1, 0.15) is 53.4 Å². The minimum atomic E-state index is 0.00881. The minimum absolute atomic E-state index is 0.00881. The SMILES string of the molecule is CC(C)CCCCCNC(=O)COCC(C)C. The first-order chi connectivity index (χ1) is 8.02. The van der Waals surface area contributed by atoms with Crippen LogP contribution < -0.4 is 5.32 Å². The van der Waals surface area contributed by atoms with E-state index in [1.807, 2.05) is 0 Å². The van der Waals surface area contributed by atoms with Crippen molar-refractivity contribution in [3.05, 3.63) is 0 Å². The molecule has 0 spiro atoms. The van der Waals surface area contributed by atoms with Crippen LogP contribution in [-0.2, 0) is 9.53 Å². The number of ether oxygens (including phenoxy) is 1. The molecule has 3 heteroatoms. The molecule has 0 saturated carbocycles. The Morgan fingerprint density at radius 3 is 2.35 bits per heavy atom. The quantitative estimate of drug-likeness (QED) is 0.599. The van der Waals surface area contributed by atoms with Gasteiger partial charge in [0, 0.05) is 13.2 Å². The molecule has 0 bridgehead atoms. The van der Waals surface area contributed by atoms with Crippen LogP contribution in [0.5, 0.6) is 0 Å². The first kappa shape index (κ1) is 16.4. The van der Waals surface area contributed by atoms with Crippen LogP contribution in [-0.4, -0.2) is 25.7 Å². The number of hydrogen-bond acceptors (Lipinski definition) is 2. The summed E-state index contributed by atoms with van der Waals surface area (Å²) in [5, 5.41) is 2.88. The van der Waals surface area contributed by atoms with Crippen molar-refractivity contribution in [3.8, 4) is 0 Å². The van der Waals surface area contributed by atoms with E-state index < -0.39 is 0 Å². The number of amides is 1. The molecule has 0 aromatic rings. The molecule has 0 aromatic carbocycles. The fourth-order valence-electron chi connectivity index (χ4n) is 1.52. The average Bonchev–Trinajstić information content (AvgIpc) is 2.22. The van der Waals surface area contributed by atoms with Crippen molar-refractivity contribution in [1.82, 2.24) is 5.32 Å². The second kappa shape index (κ2) is 10.6. The topological polar surface area (TPSA) is 38.3 Å². The maximum Gasteiger partial charge on any atom is 0.245 e. The molecule has 0 radical (unpaired) electrons. The number of unbranched alkanes of at least 4 members (excludes halogenated alkanes) is 2. The fourth-order valence-corrected chi connectivity index (χ4v) is 1.52. The van der Waals surface area contributed by atoms with Gasteiger partial charge < -0.3 is 10.1 Å². The summed E-state index contributed by atoms with van der Waals surface area (Å²) < 4.78 is 5.25. The molecule has 0 aromatic heterocycles. The summed E-state index contributed by atoms with van der Waals surface area (Å²) in [6, 6.07) is 0. The number of carbonyl (C=O) groups excluding carboxylic acids is 1. The van der Waals surface area contributed by atoms with E-state index in [1.165, 1.54) is 19.3 Å². The molecule has 0 aliphatic carbocycles. The molecular formula is C14H29NO2. The van der Waals surface area contributed by atoms with Crippen LogP contribution >= 0.6 is 0 Å². The normalized spacial score (nSPS) is 11.2. The van der Waals surface area contributed by atoms with E-state index in [9.17, 15) is 4.79 Å². The molecule has 0 unspecified atom stereocenters. The second-order valence-corrected chi connectivity index (χ2v) is 5.50. The molecule has 0 saturated heterocycles. The van der Waals surface area contributed by atoms with Crippen LogP contribution in [0.15, 0.2) is 0 Å². The van der Waals surface area contributed by atoms with Crippen LogP contribution in [0.2, 0.25) is 0 Å². The van der Waals surface area contributed by atoms with E-state index in [0.29, 0.717) is 12.5 Å². The van der Waals surface area contributed by atoms with Crippen molar-refractivity contribution in [2.45, 2.75) is 53.4 Å². The second-order valence-electron chi connectivity index (χ2n) is 5.50. The molecule has 0 atom stereocenters. The van der Waals surface area contributed by atoms with Crippen LogP contribution in [0.3, 0.4) is 0 Å². The van der Waals surface area contributed by atoms with Crippen molar-refractivity contribution < 1.29 is 9.53 Å². The lowest BCUT2D eigenvalue weighted by molar-refractivity contribution is -0.126. The Hall–Kier alpha value is -0.570. The highest BCUT2D eigenvalue weighted by atomic mass is 16.5. The minimum Gasteiger partial charge on any atom is -0.371 e. The smallest absolute Gasteiger partial charge is 0.245 e. The molecule has 0 aliphatic rings. The van der Waals surface area contributed by atoms with E-state index in [0.717, 1.165) is 18.9 Å². The highest BCUT2D eigenvalue weighted by Gasteiger charge is 2.01. The third-order valence-corrected chi connectivity index (χ3v) is 2.46. The Morgan fingerprint density at radius 1 is 1.06 bits per heavy atom. The summed E-state index contributed by atoms with van der Waals surface area (Å²) >= 11 is 0. The zero-order valence-electron chi connectivity index (χ0n) is 11.9. The third kappa shape index (κ3) is 13.4. The van der Waals surface area contributed by atoms with Gasteiger partial charge in [-0.25, -0.2) is 0 Å². The first-order valence-corrected chi connectivity index (χ1v) is 6.86. The van der Waals surface area contributed by atoms with Crippen LogP contribution in [0.4, 0.5) is 0 Å². The molecule has 1 N–H and O–H groups in total. The van der Waals surface area contributed by atoms with E-state index >= 15 is 0 Å². The van der Waals surface area contributed by atoms with E-state index in [-0.39, 0.29) is 12.5 Å². The maximum absolute atomic E-state index is 11.3. The Morgan fingerprint density at radius 2 is 1.76 bits per heavy atom. The largest absolute Gasteiger partial charge is 0.371 e. The lowest BCUT2D eigenvalue weighted by Gasteiger charge is -2.08. The maximum atomic E-state index is 11.3. The molecular weight excluding hydrogens is 214 g/mol. The first-order valence-electron chi connectivity index (χ1n) is 6.86. The molecule has 0 aliphatic heterocycles. The zero-order chi connectivity index (χ0) is 13.1. The number of carbonyl (C=O) groups is 1. The van der Waals surface area contributed by atoms with Gasteiger partial charge in [0.2, 0.25) is 5.91 Å². The Balaban J connectivity index is 3.22. The van der Waals surface area contributed by atoms with E-state index in [1.54, 1.807) is 0 Å². The Labute approximate surface area is 106 Å². The highest BCUT2D eigenvalue weighted by Crippen LogP contribution is 2.07.